The van der Waals surface area contributed by atoms with Gasteiger partial charge < -0.3 is 33.0 Å². The molecule has 7 aromatic carbocycles. The predicted molar refractivity (Wildman–Crippen MR) is 271 cm³/mol. The zero-order valence-corrected chi connectivity index (χ0v) is 39.8. The van der Waals surface area contributed by atoms with E-state index in [1.807, 2.05) is 24.3 Å². The molecule has 3 heterocycles. The van der Waals surface area contributed by atoms with Crippen molar-refractivity contribution in [1.29, 1.82) is 0 Å². The first-order valence-corrected chi connectivity index (χ1v) is 23.0. The van der Waals surface area contributed by atoms with Crippen LogP contribution in [-0.2, 0) is 18.6 Å². The van der Waals surface area contributed by atoms with Crippen molar-refractivity contribution < 1.29 is 27.4 Å². The Bertz CT molecular complexity index is 2910. The van der Waals surface area contributed by atoms with E-state index in [2.05, 4.69) is 162 Å². The van der Waals surface area contributed by atoms with Gasteiger partial charge in [0, 0.05) is 44.9 Å². The van der Waals surface area contributed by atoms with Gasteiger partial charge in [0.05, 0.1) is 39.1 Å². The lowest BCUT2D eigenvalue weighted by molar-refractivity contribution is 0.00578. The lowest BCUT2D eigenvalue weighted by Crippen LogP contribution is -2.41. The Morgan fingerprint density at radius 3 is 1.03 bits per heavy atom. The summed E-state index contributed by atoms with van der Waals surface area (Å²) in [6.07, 6.45) is 0. The van der Waals surface area contributed by atoms with Gasteiger partial charge in [-0.15, -0.1) is 0 Å². The van der Waals surface area contributed by atoms with Crippen molar-refractivity contribution in [3.8, 4) is 5.69 Å². The fourth-order valence-corrected chi connectivity index (χ4v) is 9.27. The van der Waals surface area contributed by atoms with Crippen LogP contribution in [0.5, 0.6) is 0 Å². The number of nitrogens with zero attached hydrogens (tertiary/aromatic N) is 3. The van der Waals surface area contributed by atoms with Gasteiger partial charge in [-0.25, -0.2) is 8.78 Å². The van der Waals surface area contributed by atoms with E-state index in [1.54, 1.807) is 24.3 Å². The first kappa shape index (κ1) is 44.6. The highest BCUT2D eigenvalue weighted by molar-refractivity contribution is 6.62. The molecule has 0 saturated carbocycles. The summed E-state index contributed by atoms with van der Waals surface area (Å²) in [5, 5.41) is 2.04. The van der Waals surface area contributed by atoms with Crippen molar-refractivity contribution in [2.75, 3.05) is 9.80 Å². The zero-order valence-electron chi connectivity index (χ0n) is 39.8. The van der Waals surface area contributed by atoms with Crippen LogP contribution in [0.1, 0.15) is 66.5 Å². The number of aromatic nitrogens is 1. The monoisotopic (exact) mass is 893 g/mol. The topological polar surface area (TPSA) is 48.3 Å². The standard InChI is InChI=1S/C56H55B2F2N3O4/c1-36-12-11-13-37(2)52(36)63-50-32-30-46(61(44-26-18-40(59)19-27-44)42-22-14-38(15-23-42)57-64-53(3,4)54(5,6)65-57)34-48(50)49-35-47(31-33-51(49)63)62(45-28-20-41(60)21-29-45)43-24-16-39(17-25-43)58-66-55(7,8)56(9,10)67-58/h11-35H,1-10H3. The number of benzene rings is 7. The number of rotatable bonds is 9. The zero-order chi connectivity index (χ0) is 47.2. The molecule has 8 aromatic rings. The Morgan fingerprint density at radius 1 is 0.403 bits per heavy atom. The van der Waals surface area contributed by atoms with Gasteiger partial charge in [0.1, 0.15) is 11.6 Å². The molecule has 0 aliphatic carbocycles. The number of aryl methyl sites for hydroxylation is 2. The molecule has 1 aromatic heterocycles. The minimum Gasteiger partial charge on any atom is -0.399 e. The summed E-state index contributed by atoms with van der Waals surface area (Å²) in [5.74, 6) is -0.624. The lowest BCUT2D eigenvalue weighted by Gasteiger charge is -2.32. The number of halogens is 2. The quantitative estimate of drug-likeness (QED) is 0.135. The second-order valence-electron chi connectivity index (χ2n) is 20.0. The van der Waals surface area contributed by atoms with Crippen LogP contribution < -0.4 is 20.7 Å². The number of hydrogen-bond donors (Lipinski definition) is 0. The molecular weight excluding hydrogens is 838 g/mol. The molecule has 2 fully saturated rings. The average Bonchev–Trinajstić information content (AvgIpc) is 3.81. The molecule has 338 valence electrons. The van der Waals surface area contributed by atoms with Gasteiger partial charge in [0.15, 0.2) is 0 Å². The fourth-order valence-electron chi connectivity index (χ4n) is 9.27. The van der Waals surface area contributed by atoms with Gasteiger partial charge in [0.2, 0.25) is 0 Å². The number of anilines is 6. The molecule has 0 N–H and O–H groups in total. The Balaban J connectivity index is 1.13. The van der Waals surface area contributed by atoms with Crippen molar-refractivity contribution in [3.05, 3.63) is 174 Å². The Kier molecular flexibility index (Phi) is 10.8. The maximum atomic E-state index is 14.5. The van der Waals surface area contributed by atoms with Gasteiger partial charge in [0.25, 0.3) is 0 Å². The molecule has 10 rings (SSSR count). The van der Waals surface area contributed by atoms with Gasteiger partial charge in [-0.1, -0.05) is 42.5 Å². The second-order valence-corrected chi connectivity index (χ2v) is 20.0. The fraction of sp³-hybridized carbons (Fsp3) is 0.250. The highest BCUT2D eigenvalue weighted by atomic mass is 19.1. The van der Waals surface area contributed by atoms with E-state index >= 15 is 0 Å². The van der Waals surface area contributed by atoms with E-state index in [1.165, 1.54) is 24.3 Å². The molecule has 2 saturated heterocycles. The summed E-state index contributed by atoms with van der Waals surface area (Å²) in [6.45, 7) is 20.7. The largest absolute Gasteiger partial charge is 0.494 e. The van der Waals surface area contributed by atoms with Crippen LogP contribution in [0.4, 0.5) is 42.9 Å². The SMILES string of the molecule is Cc1cccc(C)c1-n1c2ccc(N(c3ccc(F)cc3)c3ccc(B4OC(C)(C)C(C)(C)O4)cc3)cc2c2cc(N(c3ccc(F)cc3)c3ccc(B4OC(C)(C)C(C)(C)O4)cc3)ccc21. The van der Waals surface area contributed by atoms with E-state index < -0.39 is 36.6 Å². The van der Waals surface area contributed by atoms with Crippen LogP contribution in [0, 0.1) is 25.5 Å². The molecule has 0 bridgehead atoms. The van der Waals surface area contributed by atoms with Crippen LogP contribution in [0.3, 0.4) is 0 Å². The van der Waals surface area contributed by atoms with Crippen LogP contribution in [0.25, 0.3) is 27.5 Å². The lowest BCUT2D eigenvalue weighted by atomic mass is 9.79. The van der Waals surface area contributed by atoms with Crippen molar-refractivity contribution in [3.63, 3.8) is 0 Å². The Hall–Kier alpha value is -6.23. The van der Waals surface area contributed by atoms with Crippen molar-refractivity contribution in [1.82, 2.24) is 4.57 Å². The maximum absolute atomic E-state index is 14.5. The van der Waals surface area contributed by atoms with E-state index in [9.17, 15) is 8.78 Å². The van der Waals surface area contributed by atoms with Crippen molar-refractivity contribution in [2.24, 2.45) is 0 Å². The molecular formula is C56H55B2F2N3O4. The normalized spacial score (nSPS) is 17.1. The van der Waals surface area contributed by atoms with E-state index in [4.69, 9.17) is 18.6 Å². The minimum atomic E-state index is -0.512. The molecule has 0 amide bonds. The van der Waals surface area contributed by atoms with Crippen molar-refractivity contribution >= 4 is 81.1 Å². The van der Waals surface area contributed by atoms with Gasteiger partial charge in [-0.2, -0.15) is 0 Å². The predicted octanol–water partition coefficient (Wildman–Crippen LogP) is 13.2. The summed E-state index contributed by atoms with van der Waals surface area (Å²) in [4.78, 5) is 4.29. The first-order chi connectivity index (χ1) is 31.8. The van der Waals surface area contributed by atoms with Crippen LogP contribution >= 0.6 is 0 Å². The highest BCUT2D eigenvalue weighted by Gasteiger charge is 2.52. The first-order valence-electron chi connectivity index (χ1n) is 23.0. The van der Waals surface area contributed by atoms with E-state index in [0.717, 1.165) is 83.7 Å². The molecule has 0 spiro atoms. The van der Waals surface area contributed by atoms with Gasteiger partial charge >= 0.3 is 14.2 Å². The minimum absolute atomic E-state index is 0.312. The summed E-state index contributed by atoms with van der Waals surface area (Å²) >= 11 is 0. The number of hydrogen-bond acceptors (Lipinski definition) is 6. The Labute approximate surface area is 393 Å². The van der Waals surface area contributed by atoms with Crippen LogP contribution in [0.15, 0.2) is 152 Å². The molecule has 67 heavy (non-hydrogen) atoms. The van der Waals surface area contributed by atoms with Crippen LogP contribution in [0.2, 0.25) is 0 Å². The van der Waals surface area contributed by atoms with E-state index in [-0.39, 0.29) is 11.6 Å². The third kappa shape index (κ3) is 7.81. The molecule has 0 unspecified atom stereocenters. The summed E-state index contributed by atoms with van der Waals surface area (Å²) in [5.41, 5.74) is 10.6. The highest BCUT2D eigenvalue weighted by Crippen LogP contribution is 2.44. The molecule has 11 heteroatoms. The Morgan fingerprint density at radius 2 is 0.701 bits per heavy atom. The molecule has 2 aliphatic heterocycles. The van der Waals surface area contributed by atoms with E-state index in [0.29, 0.717) is 0 Å². The van der Waals surface area contributed by atoms with Gasteiger partial charge in [-0.05, 0) is 200 Å². The summed E-state index contributed by atoms with van der Waals surface area (Å²) in [7, 11) is -1.02. The van der Waals surface area contributed by atoms with Crippen LogP contribution in [-0.4, -0.2) is 41.2 Å². The third-order valence-electron chi connectivity index (χ3n) is 14.4. The molecule has 0 radical (unpaired) electrons. The smallest absolute Gasteiger partial charge is 0.399 e. The second kappa shape index (κ2) is 16.2. The summed E-state index contributed by atoms with van der Waals surface area (Å²) < 4.78 is 57.0. The van der Waals surface area contributed by atoms with Crippen molar-refractivity contribution in [2.45, 2.75) is 91.6 Å². The molecule has 2 aliphatic rings. The molecule has 0 atom stereocenters. The summed E-state index contributed by atoms with van der Waals surface area (Å²) in [6, 6.07) is 49.0. The average molecular weight is 894 g/mol. The van der Waals surface area contributed by atoms with Gasteiger partial charge in [-0.3, -0.25) is 0 Å². The number of para-hydroxylation sites is 1. The molecule has 7 nitrogen and oxygen atoms in total. The number of fused-ring (bicyclic) bond motifs is 3. The maximum Gasteiger partial charge on any atom is 0.494 e. The third-order valence-corrected chi connectivity index (χ3v) is 14.4.